The summed E-state index contributed by atoms with van der Waals surface area (Å²) in [5.74, 6) is -0.176. The zero-order valence-electron chi connectivity index (χ0n) is 18.2. The van der Waals surface area contributed by atoms with Crippen LogP contribution < -0.4 is 5.56 Å². The standard InChI is InChI=1S/C26H19ClF3N3O2/c27-21-12-10-17(14-20(21)26(28,29)30)11-13-24(34)33(15-18-6-2-1-3-7-18)16-23-31-22-9-5-4-8-19(22)25(35)32-23/h1-14H,15-16H2,(H,31,32,35). The maximum absolute atomic E-state index is 13.2. The normalized spacial score (nSPS) is 11.8. The summed E-state index contributed by atoms with van der Waals surface area (Å²) in [7, 11) is 0. The number of amides is 1. The molecule has 0 unspecified atom stereocenters. The van der Waals surface area contributed by atoms with Gasteiger partial charge < -0.3 is 9.88 Å². The van der Waals surface area contributed by atoms with Gasteiger partial charge in [0.25, 0.3) is 5.56 Å². The summed E-state index contributed by atoms with van der Waals surface area (Å²) in [5, 5.41) is 0.0123. The molecule has 1 amide bonds. The van der Waals surface area contributed by atoms with Crippen molar-refractivity contribution >= 4 is 34.5 Å². The van der Waals surface area contributed by atoms with Crippen molar-refractivity contribution in [3.05, 3.63) is 117 Å². The molecule has 9 heteroatoms. The highest BCUT2D eigenvalue weighted by Crippen LogP contribution is 2.35. The Balaban J connectivity index is 1.63. The molecule has 0 aliphatic rings. The molecular weight excluding hydrogens is 479 g/mol. The van der Waals surface area contributed by atoms with Gasteiger partial charge in [-0.25, -0.2) is 4.98 Å². The first kappa shape index (κ1) is 24.2. The van der Waals surface area contributed by atoms with Gasteiger partial charge in [-0.15, -0.1) is 0 Å². The third-order valence-corrected chi connectivity index (χ3v) is 5.57. The number of hydrogen-bond donors (Lipinski definition) is 1. The summed E-state index contributed by atoms with van der Waals surface area (Å²) >= 11 is 5.67. The fourth-order valence-electron chi connectivity index (χ4n) is 3.54. The molecule has 4 rings (SSSR count). The molecule has 178 valence electrons. The molecular formula is C26H19ClF3N3O2. The van der Waals surface area contributed by atoms with E-state index in [1.54, 1.807) is 24.3 Å². The molecule has 0 fully saturated rings. The number of carbonyl (C=O) groups excluding carboxylic acids is 1. The lowest BCUT2D eigenvalue weighted by Crippen LogP contribution is -2.30. The van der Waals surface area contributed by atoms with Crippen LogP contribution in [-0.2, 0) is 24.1 Å². The van der Waals surface area contributed by atoms with Gasteiger partial charge in [-0.05, 0) is 41.5 Å². The largest absolute Gasteiger partial charge is 0.417 e. The van der Waals surface area contributed by atoms with Crippen LogP contribution in [-0.4, -0.2) is 20.8 Å². The van der Waals surface area contributed by atoms with Crippen LogP contribution in [0.3, 0.4) is 0 Å². The summed E-state index contributed by atoms with van der Waals surface area (Å²) in [6, 6.07) is 19.5. The van der Waals surface area contributed by atoms with Gasteiger partial charge in [0, 0.05) is 12.6 Å². The van der Waals surface area contributed by atoms with Crippen molar-refractivity contribution in [3.8, 4) is 0 Å². The summed E-state index contributed by atoms with van der Waals surface area (Å²) in [6.07, 6.45) is -2.13. The van der Waals surface area contributed by atoms with Crippen LogP contribution in [0.1, 0.15) is 22.5 Å². The average Bonchev–Trinajstić information content (AvgIpc) is 2.83. The Kier molecular flexibility index (Phi) is 7.02. The Labute approximate surface area is 203 Å². The molecule has 5 nitrogen and oxygen atoms in total. The van der Waals surface area contributed by atoms with E-state index in [0.29, 0.717) is 10.9 Å². The third-order valence-electron chi connectivity index (χ3n) is 5.24. The fourth-order valence-corrected chi connectivity index (χ4v) is 3.77. The predicted molar refractivity (Wildman–Crippen MR) is 129 cm³/mol. The van der Waals surface area contributed by atoms with Gasteiger partial charge in [-0.1, -0.05) is 60.1 Å². The second-order valence-electron chi connectivity index (χ2n) is 7.78. The topological polar surface area (TPSA) is 66.1 Å². The van der Waals surface area contributed by atoms with Crippen LogP contribution >= 0.6 is 11.6 Å². The van der Waals surface area contributed by atoms with E-state index >= 15 is 0 Å². The van der Waals surface area contributed by atoms with Crippen LogP contribution in [0, 0.1) is 0 Å². The number of benzene rings is 3. The van der Waals surface area contributed by atoms with Crippen molar-refractivity contribution in [1.82, 2.24) is 14.9 Å². The number of alkyl halides is 3. The molecule has 1 heterocycles. The van der Waals surface area contributed by atoms with Crippen molar-refractivity contribution in [2.45, 2.75) is 19.3 Å². The van der Waals surface area contributed by atoms with Crippen LogP contribution in [0.15, 0.2) is 83.7 Å². The molecule has 1 N–H and O–H groups in total. The second-order valence-corrected chi connectivity index (χ2v) is 8.19. The summed E-state index contributed by atoms with van der Waals surface area (Å²) < 4.78 is 39.5. The van der Waals surface area contributed by atoms with Crippen molar-refractivity contribution in [3.63, 3.8) is 0 Å². The number of halogens is 4. The molecule has 0 saturated heterocycles. The lowest BCUT2D eigenvalue weighted by Gasteiger charge is -2.21. The number of H-pyrrole nitrogens is 1. The number of aromatic amines is 1. The van der Waals surface area contributed by atoms with E-state index in [4.69, 9.17) is 11.6 Å². The van der Waals surface area contributed by atoms with E-state index in [1.165, 1.54) is 23.1 Å². The van der Waals surface area contributed by atoms with E-state index in [0.717, 1.165) is 17.7 Å². The molecule has 35 heavy (non-hydrogen) atoms. The Morgan fingerprint density at radius 3 is 2.46 bits per heavy atom. The quantitative estimate of drug-likeness (QED) is 0.340. The van der Waals surface area contributed by atoms with Crippen LogP contribution in [0.25, 0.3) is 17.0 Å². The van der Waals surface area contributed by atoms with Gasteiger partial charge in [-0.3, -0.25) is 9.59 Å². The van der Waals surface area contributed by atoms with Crippen molar-refractivity contribution < 1.29 is 18.0 Å². The Hall–Kier alpha value is -3.91. The molecule has 1 aromatic heterocycles. The molecule has 0 atom stereocenters. The summed E-state index contributed by atoms with van der Waals surface area (Å²) in [6.45, 7) is 0.196. The van der Waals surface area contributed by atoms with Crippen LogP contribution in [0.4, 0.5) is 13.2 Å². The lowest BCUT2D eigenvalue weighted by molar-refractivity contribution is -0.137. The highest BCUT2D eigenvalue weighted by atomic mass is 35.5. The van der Waals surface area contributed by atoms with E-state index in [2.05, 4.69) is 9.97 Å². The first-order valence-corrected chi connectivity index (χ1v) is 10.9. The molecule has 0 aliphatic carbocycles. The molecule has 0 aliphatic heterocycles. The van der Waals surface area contributed by atoms with Gasteiger partial charge in [0.15, 0.2) is 0 Å². The van der Waals surface area contributed by atoms with Crippen molar-refractivity contribution in [2.24, 2.45) is 0 Å². The fraction of sp³-hybridized carbons (Fsp3) is 0.115. The molecule has 3 aromatic carbocycles. The molecule has 0 radical (unpaired) electrons. The zero-order chi connectivity index (χ0) is 25.0. The highest BCUT2D eigenvalue weighted by molar-refractivity contribution is 6.31. The van der Waals surface area contributed by atoms with Gasteiger partial charge in [-0.2, -0.15) is 13.2 Å². The van der Waals surface area contributed by atoms with Gasteiger partial charge >= 0.3 is 6.18 Å². The third kappa shape index (κ3) is 5.96. The Morgan fingerprint density at radius 2 is 1.71 bits per heavy atom. The second kappa shape index (κ2) is 10.1. The minimum absolute atomic E-state index is 0.00738. The van der Waals surface area contributed by atoms with Crippen LogP contribution in [0.5, 0.6) is 0 Å². The molecule has 0 saturated carbocycles. The van der Waals surface area contributed by atoms with Gasteiger partial charge in [0.1, 0.15) is 5.82 Å². The van der Waals surface area contributed by atoms with E-state index in [9.17, 15) is 22.8 Å². The number of nitrogens with one attached hydrogen (secondary N) is 1. The lowest BCUT2D eigenvalue weighted by atomic mass is 10.1. The van der Waals surface area contributed by atoms with E-state index in [-0.39, 0.29) is 30.0 Å². The zero-order valence-corrected chi connectivity index (χ0v) is 19.0. The monoisotopic (exact) mass is 497 g/mol. The average molecular weight is 498 g/mol. The number of nitrogens with zero attached hydrogens (tertiary/aromatic N) is 2. The molecule has 0 bridgehead atoms. The minimum atomic E-state index is -4.61. The smallest absolute Gasteiger partial charge is 0.327 e. The number of carbonyl (C=O) groups is 1. The van der Waals surface area contributed by atoms with E-state index < -0.39 is 22.7 Å². The van der Waals surface area contributed by atoms with Crippen molar-refractivity contribution in [1.29, 1.82) is 0 Å². The minimum Gasteiger partial charge on any atom is -0.327 e. The molecule has 4 aromatic rings. The Bertz CT molecular complexity index is 1450. The van der Waals surface area contributed by atoms with Crippen molar-refractivity contribution in [2.75, 3.05) is 0 Å². The number of para-hydroxylation sites is 1. The first-order valence-electron chi connectivity index (χ1n) is 10.6. The maximum atomic E-state index is 13.2. The van der Waals surface area contributed by atoms with E-state index in [1.807, 2.05) is 30.3 Å². The number of fused-ring (bicyclic) bond motifs is 1. The van der Waals surface area contributed by atoms with Crippen LogP contribution in [0.2, 0.25) is 5.02 Å². The summed E-state index contributed by atoms with van der Waals surface area (Å²) in [4.78, 5) is 34.1. The maximum Gasteiger partial charge on any atom is 0.417 e. The van der Waals surface area contributed by atoms with Gasteiger partial charge in [0.05, 0.1) is 28.0 Å². The number of hydrogen-bond acceptors (Lipinski definition) is 3. The highest BCUT2D eigenvalue weighted by Gasteiger charge is 2.33. The molecule has 0 spiro atoms. The Morgan fingerprint density at radius 1 is 1.00 bits per heavy atom. The SMILES string of the molecule is O=C(C=Cc1ccc(Cl)c(C(F)(F)F)c1)N(Cc1ccccc1)Cc1nc2ccccc2c(=O)[nH]1. The predicted octanol–water partition coefficient (Wildman–Crippen LogP) is 5.84. The number of rotatable bonds is 6. The first-order chi connectivity index (χ1) is 16.7. The number of aromatic nitrogens is 2. The van der Waals surface area contributed by atoms with Gasteiger partial charge in [0.2, 0.25) is 5.91 Å². The summed E-state index contributed by atoms with van der Waals surface area (Å²) in [5.41, 5.74) is 0.201.